The number of carbonyl (C=O) groups is 1. The number of nitrogens with zero attached hydrogens (tertiary/aromatic N) is 2. The summed E-state index contributed by atoms with van der Waals surface area (Å²) in [7, 11) is -3.57. The number of aliphatic carboxylic acids is 1. The minimum absolute atomic E-state index is 0.109. The largest absolute Gasteiger partial charge is 0.479 e. The van der Waals surface area contributed by atoms with E-state index in [-0.39, 0.29) is 19.7 Å². The summed E-state index contributed by atoms with van der Waals surface area (Å²) in [5.74, 6) is -1.13. The van der Waals surface area contributed by atoms with Crippen LogP contribution in [0.15, 0.2) is 0 Å². The molecule has 0 bridgehead atoms. The third kappa shape index (κ3) is 3.15. The first-order valence-electron chi connectivity index (χ1n) is 5.53. The first-order valence-corrected chi connectivity index (χ1v) is 6.92. The average Bonchev–Trinajstić information content (AvgIpc) is 2.30. The van der Waals surface area contributed by atoms with Gasteiger partial charge in [0.15, 0.2) is 6.10 Å². The van der Waals surface area contributed by atoms with Crippen LogP contribution in [0.4, 0.5) is 0 Å². The molecule has 0 aliphatic carbocycles. The lowest BCUT2D eigenvalue weighted by atomic mass is 10.3. The molecule has 0 amide bonds. The molecule has 1 unspecified atom stereocenters. The second-order valence-electron chi connectivity index (χ2n) is 3.65. The predicted octanol–water partition coefficient (Wildman–Crippen LogP) is -0.642. The van der Waals surface area contributed by atoms with Crippen LogP contribution in [0.25, 0.3) is 0 Å². The van der Waals surface area contributed by atoms with E-state index in [4.69, 9.17) is 9.84 Å². The van der Waals surface area contributed by atoms with E-state index in [2.05, 4.69) is 0 Å². The van der Waals surface area contributed by atoms with Gasteiger partial charge < -0.3 is 9.84 Å². The molecule has 1 heterocycles. The molecule has 0 radical (unpaired) electrons. The normalized spacial score (nSPS) is 22.9. The highest BCUT2D eigenvalue weighted by Crippen LogP contribution is 2.13. The van der Waals surface area contributed by atoms with Crippen molar-refractivity contribution in [2.45, 2.75) is 20.0 Å². The summed E-state index contributed by atoms with van der Waals surface area (Å²) < 4.78 is 31.7. The third-order valence-electron chi connectivity index (χ3n) is 2.66. The molecule has 1 rings (SSSR count). The van der Waals surface area contributed by atoms with Crippen LogP contribution in [0, 0.1) is 0 Å². The van der Waals surface area contributed by atoms with Crippen LogP contribution < -0.4 is 0 Å². The van der Waals surface area contributed by atoms with Gasteiger partial charge in [-0.05, 0) is 0 Å². The van der Waals surface area contributed by atoms with Gasteiger partial charge in [0.2, 0.25) is 0 Å². The van der Waals surface area contributed by atoms with Gasteiger partial charge in [0.05, 0.1) is 13.2 Å². The van der Waals surface area contributed by atoms with E-state index in [9.17, 15) is 13.2 Å². The molecule has 17 heavy (non-hydrogen) atoms. The molecule has 1 N–H and O–H groups in total. The Kier molecular flexibility index (Phi) is 4.87. The molecular weight excluding hydrogens is 248 g/mol. The number of carboxylic acids is 1. The molecule has 1 saturated heterocycles. The fourth-order valence-electron chi connectivity index (χ4n) is 1.70. The lowest BCUT2D eigenvalue weighted by molar-refractivity contribution is -0.153. The minimum atomic E-state index is -3.57. The smallest absolute Gasteiger partial charge is 0.334 e. The van der Waals surface area contributed by atoms with E-state index >= 15 is 0 Å². The van der Waals surface area contributed by atoms with Crippen molar-refractivity contribution in [2.24, 2.45) is 0 Å². The fourth-order valence-corrected chi connectivity index (χ4v) is 3.31. The topological polar surface area (TPSA) is 87.2 Å². The van der Waals surface area contributed by atoms with Crippen LogP contribution in [0.3, 0.4) is 0 Å². The maximum absolute atomic E-state index is 12.1. The molecule has 8 heteroatoms. The number of morpholine rings is 1. The monoisotopic (exact) mass is 266 g/mol. The molecule has 0 aromatic heterocycles. The van der Waals surface area contributed by atoms with Gasteiger partial charge in [0.1, 0.15) is 0 Å². The molecule has 0 aromatic rings. The van der Waals surface area contributed by atoms with Crippen molar-refractivity contribution >= 4 is 16.2 Å². The standard InChI is InChI=1S/C9H18N2O5S/c1-3-10(4-2)17(14,15)11-5-6-16-8(7-11)9(12)13/h8H,3-7H2,1-2H3,(H,12,13). The van der Waals surface area contributed by atoms with Crippen molar-refractivity contribution in [3.8, 4) is 0 Å². The van der Waals surface area contributed by atoms with Gasteiger partial charge in [-0.15, -0.1) is 0 Å². The van der Waals surface area contributed by atoms with Crippen LogP contribution in [-0.2, 0) is 19.7 Å². The number of ether oxygens (including phenoxy) is 1. The summed E-state index contributed by atoms with van der Waals surface area (Å²) in [5.41, 5.74) is 0. The zero-order valence-electron chi connectivity index (χ0n) is 10.00. The lowest BCUT2D eigenvalue weighted by Gasteiger charge is -2.33. The summed E-state index contributed by atoms with van der Waals surface area (Å²) >= 11 is 0. The van der Waals surface area contributed by atoms with Crippen LogP contribution in [0.1, 0.15) is 13.8 Å². The highest BCUT2D eigenvalue weighted by atomic mass is 32.2. The van der Waals surface area contributed by atoms with Gasteiger partial charge in [-0.3, -0.25) is 0 Å². The van der Waals surface area contributed by atoms with E-state index < -0.39 is 22.3 Å². The van der Waals surface area contributed by atoms with Crippen LogP contribution >= 0.6 is 0 Å². The van der Waals surface area contributed by atoms with Crippen LogP contribution in [0.2, 0.25) is 0 Å². The zero-order valence-corrected chi connectivity index (χ0v) is 10.8. The van der Waals surface area contributed by atoms with Crippen LogP contribution in [-0.4, -0.2) is 67.0 Å². The molecule has 1 aliphatic rings. The Labute approximate surface area is 101 Å². The minimum Gasteiger partial charge on any atom is -0.479 e. The molecule has 0 aromatic carbocycles. The van der Waals surface area contributed by atoms with Gasteiger partial charge in [0, 0.05) is 19.6 Å². The second-order valence-corrected chi connectivity index (χ2v) is 5.58. The van der Waals surface area contributed by atoms with Crippen molar-refractivity contribution in [3.63, 3.8) is 0 Å². The number of hydrogen-bond donors (Lipinski definition) is 1. The third-order valence-corrected chi connectivity index (χ3v) is 4.82. The SMILES string of the molecule is CCN(CC)S(=O)(=O)N1CCOC(C(=O)O)C1. The van der Waals surface area contributed by atoms with E-state index in [1.807, 2.05) is 0 Å². The van der Waals surface area contributed by atoms with Crippen LogP contribution in [0.5, 0.6) is 0 Å². The first-order chi connectivity index (χ1) is 7.93. The molecule has 100 valence electrons. The molecule has 1 fully saturated rings. The summed E-state index contributed by atoms with van der Waals surface area (Å²) in [6.07, 6.45) is -1.07. The van der Waals surface area contributed by atoms with Crippen molar-refractivity contribution in [2.75, 3.05) is 32.8 Å². The van der Waals surface area contributed by atoms with E-state index in [1.165, 1.54) is 8.61 Å². The Balaban J connectivity index is 2.81. The van der Waals surface area contributed by atoms with Gasteiger partial charge >= 0.3 is 5.97 Å². The van der Waals surface area contributed by atoms with E-state index in [0.29, 0.717) is 13.1 Å². The number of hydrogen-bond acceptors (Lipinski definition) is 4. The zero-order chi connectivity index (χ0) is 13.1. The van der Waals surface area contributed by atoms with Gasteiger partial charge in [-0.1, -0.05) is 13.8 Å². The maximum Gasteiger partial charge on any atom is 0.334 e. The summed E-state index contributed by atoms with van der Waals surface area (Å²) in [6.45, 7) is 4.41. The molecule has 0 saturated carbocycles. The molecular formula is C9H18N2O5S. The highest BCUT2D eigenvalue weighted by Gasteiger charge is 2.35. The van der Waals surface area contributed by atoms with E-state index in [0.717, 1.165) is 0 Å². The Hall–Kier alpha value is -0.700. The predicted molar refractivity (Wildman–Crippen MR) is 60.8 cm³/mol. The van der Waals surface area contributed by atoms with Crippen molar-refractivity contribution < 1.29 is 23.1 Å². The van der Waals surface area contributed by atoms with Crippen molar-refractivity contribution in [1.82, 2.24) is 8.61 Å². The number of rotatable bonds is 5. The Bertz CT molecular complexity index is 366. The molecule has 0 spiro atoms. The van der Waals surface area contributed by atoms with Gasteiger partial charge in [0.25, 0.3) is 10.2 Å². The summed E-state index contributed by atoms with van der Waals surface area (Å²) in [5, 5.41) is 8.81. The second kappa shape index (κ2) is 5.76. The lowest BCUT2D eigenvalue weighted by Crippen LogP contribution is -2.53. The van der Waals surface area contributed by atoms with Crippen molar-refractivity contribution in [3.05, 3.63) is 0 Å². The quantitative estimate of drug-likeness (QED) is 0.715. The summed E-state index contributed by atoms with van der Waals surface area (Å²) in [6, 6.07) is 0. The Morgan fingerprint density at radius 1 is 1.47 bits per heavy atom. The Morgan fingerprint density at radius 2 is 2.06 bits per heavy atom. The number of carboxylic acid groups (broad SMARTS) is 1. The first kappa shape index (κ1) is 14.4. The van der Waals surface area contributed by atoms with Gasteiger partial charge in [-0.25, -0.2) is 4.79 Å². The Morgan fingerprint density at radius 3 is 2.53 bits per heavy atom. The fraction of sp³-hybridized carbons (Fsp3) is 0.889. The summed E-state index contributed by atoms with van der Waals surface area (Å²) in [4.78, 5) is 10.8. The highest BCUT2D eigenvalue weighted by molar-refractivity contribution is 7.86. The van der Waals surface area contributed by atoms with E-state index in [1.54, 1.807) is 13.8 Å². The molecule has 1 aliphatic heterocycles. The molecule has 7 nitrogen and oxygen atoms in total. The maximum atomic E-state index is 12.1. The van der Waals surface area contributed by atoms with Crippen molar-refractivity contribution in [1.29, 1.82) is 0 Å². The average molecular weight is 266 g/mol. The molecule has 1 atom stereocenters. The van der Waals surface area contributed by atoms with Gasteiger partial charge in [-0.2, -0.15) is 17.0 Å².